The van der Waals surface area contributed by atoms with Gasteiger partial charge in [0.2, 0.25) is 0 Å². The first kappa shape index (κ1) is 14.3. The molecule has 0 saturated heterocycles. The lowest BCUT2D eigenvalue weighted by Crippen LogP contribution is -2.26. The molecule has 0 fully saturated rings. The van der Waals surface area contributed by atoms with E-state index in [9.17, 15) is 9.59 Å². The van der Waals surface area contributed by atoms with Crippen molar-refractivity contribution in [2.45, 2.75) is 6.92 Å². The molecule has 0 atom stereocenters. The van der Waals surface area contributed by atoms with Gasteiger partial charge in [-0.1, -0.05) is 17.7 Å². The molecule has 0 bridgehead atoms. The molecule has 1 aromatic carbocycles. The number of carboxylic acid groups (broad SMARTS) is 1. The molecule has 0 heterocycles. The Morgan fingerprint density at radius 2 is 2.11 bits per heavy atom. The fraction of sp³-hybridized carbons (Fsp3) is 0.231. The molecule has 0 saturated carbocycles. The van der Waals surface area contributed by atoms with Gasteiger partial charge in [0.1, 0.15) is 0 Å². The number of hydrogen-bond donors (Lipinski definition) is 1. The zero-order chi connectivity index (χ0) is 13.7. The van der Waals surface area contributed by atoms with Gasteiger partial charge in [-0.05, 0) is 30.7 Å². The molecule has 0 unspecified atom stereocenters. The molecule has 0 spiro atoms. The third kappa shape index (κ3) is 3.60. The first-order valence-corrected chi connectivity index (χ1v) is 5.79. The van der Waals surface area contributed by atoms with Crippen LogP contribution in [0.1, 0.15) is 22.8 Å². The fourth-order valence-electron chi connectivity index (χ4n) is 1.32. The molecule has 0 aliphatic carbocycles. The minimum absolute atomic E-state index is 0.117. The van der Waals surface area contributed by atoms with Crippen LogP contribution in [-0.2, 0) is 4.79 Å². The van der Waals surface area contributed by atoms with Crippen molar-refractivity contribution in [3.63, 3.8) is 0 Å². The van der Waals surface area contributed by atoms with Crippen LogP contribution in [0.25, 0.3) is 6.08 Å². The van der Waals surface area contributed by atoms with Crippen molar-refractivity contribution in [2.24, 2.45) is 0 Å². The summed E-state index contributed by atoms with van der Waals surface area (Å²) in [6.07, 6.45) is 2.39. The Bertz CT molecular complexity index is 497. The lowest BCUT2D eigenvalue weighted by atomic mass is 10.1. The predicted octanol–water partition coefficient (Wildman–Crippen LogP) is 2.53. The van der Waals surface area contributed by atoms with Gasteiger partial charge in [0.05, 0.1) is 0 Å². The Balaban J connectivity index is 2.99. The van der Waals surface area contributed by atoms with Crippen molar-refractivity contribution in [1.29, 1.82) is 0 Å². The monoisotopic (exact) mass is 267 g/mol. The van der Waals surface area contributed by atoms with Crippen molar-refractivity contribution >= 4 is 29.6 Å². The highest BCUT2D eigenvalue weighted by atomic mass is 35.5. The zero-order valence-electron chi connectivity index (χ0n) is 10.2. The minimum atomic E-state index is -1.04. The lowest BCUT2D eigenvalue weighted by Gasteiger charge is -2.14. The van der Waals surface area contributed by atoms with E-state index in [4.69, 9.17) is 16.7 Å². The maximum absolute atomic E-state index is 11.9. The average Bonchev–Trinajstić information content (AvgIpc) is 2.35. The van der Waals surface area contributed by atoms with E-state index >= 15 is 0 Å². The van der Waals surface area contributed by atoms with Crippen molar-refractivity contribution in [3.05, 3.63) is 40.4 Å². The Morgan fingerprint density at radius 1 is 1.44 bits per heavy atom. The van der Waals surface area contributed by atoms with E-state index < -0.39 is 5.97 Å². The van der Waals surface area contributed by atoms with Gasteiger partial charge >= 0.3 is 5.97 Å². The van der Waals surface area contributed by atoms with Gasteiger partial charge in [0.15, 0.2) is 0 Å². The van der Waals surface area contributed by atoms with Crippen LogP contribution >= 0.6 is 11.6 Å². The molecule has 96 valence electrons. The van der Waals surface area contributed by atoms with Gasteiger partial charge in [-0.25, -0.2) is 4.79 Å². The van der Waals surface area contributed by atoms with Crippen LogP contribution in [-0.4, -0.2) is 35.5 Å². The molecule has 18 heavy (non-hydrogen) atoms. The molecule has 1 amide bonds. The van der Waals surface area contributed by atoms with E-state index in [0.29, 0.717) is 22.7 Å². The second-order valence-corrected chi connectivity index (χ2v) is 4.13. The van der Waals surface area contributed by atoms with E-state index in [1.165, 1.54) is 12.1 Å². The van der Waals surface area contributed by atoms with Crippen LogP contribution in [0.3, 0.4) is 0 Å². The summed E-state index contributed by atoms with van der Waals surface area (Å²) < 4.78 is 0. The average molecular weight is 268 g/mol. The Labute approximate surface area is 110 Å². The van der Waals surface area contributed by atoms with E-state index in [-0.39, 0.29) is 5.91 Å². The summed E-state index contributed by atoms with van der Waals surface area (Å²) in [5.41, 5.74) is 1.05. The number of carboxylic acids is 1. The molecule has 0 aliphatic rings. The van der Waals surface area contributed by atoms with Crippen LogP contribution in [0.5, 0.6) is 0 Å². The SMILES string of the molecule is CCN(C)C(=O)c1ccc(/C=C/C(=O)O)c(Cl)c1. The van der Waals surface area contributed by atoms with Crippen LogP contribution in [0.2, 0.25) is 5.02 Å². The first-order valence-electron chi connectivity index (χ1n) is 5.41. The van der Waals surface area contributed by atoms with E-state index in [1.54, 1.807) is 24.1 Å². The van der Waals surface area contributed by atoms with Gasteiger partial charge in [-0.2, -0.15) is 0 Å². The highest BCUT2D eigenvalue weighted by Gasteiger charge is 2.11. The van der Waals surface area contributed by atoms with Gasteiger partial charge in [0, 0.05) is 30.3 Å². The molecule has 0 aromatic heterocycles. The quantitative estimate of drug-likeness (QED) is 0.853. The molecular formula is C13H14ClNO3. The summed E-state index contributed by atoms with van der Waals surface area (Å²) in [4.78, 5) is 23.8. The van der Waals surface area contributed by atoms with Gasteiger partial charge in [-0.15, -0.1) is 0 Å². The number of amides is 1. The van der Waals surface area contributed by atoms with Crippen molar-refractivity contribution in [1.82, 2.24) is 4.90 Å². The Kier molecular flexibility index (Phi) is 4.92. The Morgan fingerprint density at radius 3 is 2.61 bits per heavy atom. The molecule has 0 radical (unpaired) electrons. The minimum Gasteiger partial charge on any atom is -0.478 e. The molecule has 1 N–H and O–H groups in total. The van der Waals surface area contributed by atoms with Crippen LogP contribution in [0.4, 0.5) is 0 Å². The maximum Gasteiger partial charge on any atom is 0.328 e. The predicted molar refractivity (Wildman–Crippen MR) is 70.8 cm³/mol. The van der Waals surface area contributed by atoms with E-state index in [1.807, 2.05) is 6.92 Å². The number of nitrogens with zero attached hydrogens (tertiary/aromatic N) is 1. The second-order valence-electron chi connectivity index (χ2n) is 3.73. The van der Waals surface area contributed by atoms with Crippen LogP contribution in [0, 0.1) is 0 Å². The topological polar surface area (TPSA) is 57.6 Å². The summed E-state index contributed by atoms with van der Waals surface area (Å²) in [6.45, 7) is 2.49. The summed E-state index contributed by atoms with van der Waals surface area (Å²) in [5.74, 6) is -1.16. The van der Waals surface area contributed by atoms with Crippen LogP contribution in [0.15, 0.2) is 24.3 Å². The standard InChI is InChI=1S/C13H14ClNO3/c1-3-15(2)13(18)10-5-4-9(11(14)8-10)6-7-12(16)17/h4-8H,3H2,1-2H3,(H,16,17)/b7-6+. The first-order chi connectivity index (χ1) is 8.45. The third-order valence-electron chi connectivity index (χ3n) is 2.47. The molecular weight excluding hydrogens is 254 g/mol. The van der Waals surface area contributed by atoms with Crippen molar-refractivity contribution in [2.75, 3.05) is 13.6 Å². The van der Waals surface area contributed by atoms with Gasteiger partial charge in [0.25, 0.3) is 5.91 Å². The molecule has 5 heteroatoms. The highest BCUT2D eigenvalue weighted by Crippen LogP contribution is 2.20. The zero-order valence-corrected chi connectivity index (χ0v) is 10.9. The summed E-state index contributed by atoms with van der Waals surface area (Å²) in [6, 6.07) is 4.79. The second kappa shape index (κ2) is 6.21. The molecule has 1 aromatic rings. The number of halogens is 1. The maximum atomic E-state index is 11.9. The highest BCUT2D eigenvalue weighted by molar-refractivity contribution is 6.32. The molecule has 1 rings (SSSR count). The Hall–Kier alpha value is -1.81. The summed E-state index contributed by atoms with van der Waals surface area (Å²) in [5, 5.41) is 8.87. The number of rotatable bonds is 4. The lowest BCUT2D eigenvalue weighted by molar-refractivity contribution is -0.131. The fourth-order valence-corrected chi connectivity index (χ4v) is 1.56. The smallest absolute Gasteiger partial charge is 0.328 e. The van der Waals surface area contributed by atoms with E-state index in [0.717, 1.165) is 6.08 Å². The number of carbonyl (C=O) groups excluding carboxylic acids is 1. The van der Waals surface area contributed by atoms with E-state index in [2.05, 4.69) is 0 Å². The number of carbonyl (C=O) groups is 2. The van der Waals surface area contributed by atoms with Gasteiger partial charge in [-0.3, -0.25) is 4.79 Å². The normalized spacial score (nSPS) is 10.6. The largest absolute Gasteiger partial charge is 0.478 e. The summed E-state index contributed by atoms with van der Waals surface area (Å²) >= 11 is 5.99. The third-order valence-corrected chi connectivity index (χ3v) is 2.80. The van der Waals surface area contributed by atoms with Crippen molar-refractivity contribution in [3.8, 4) is 0 Å². The summed E-state index contributed by atoms with van der Waals surface area (Å²) in [7, 11) is 1.70. The number of aliphatic carboxylic acids is 1. The van der Waals surface area contributed by atoms with Crippen molar-refractivity contribution < 1.29 is 14.7 Å². The molecule has 4 nitrogen and oxygen atoms in total. The van der Waals surface area contributed by atoms with Crippen LogP contribution < -0.4 is 0 Å². The molecule has 0 aliphatic heterocycles. The number of benzene rings is 1. The number of hydrogen-bond acceptors (Lipinski definition) is 2. The van der Waals surface area contributed by atoms with Gasteiger partial charge < -0.3 is 10.0 Å².